The van der Waals surface area contributed by atoms with Crippen molar-refractivity contribution >= 4 is 35.0 Å². The van der Waals surface area contributed by atoms with E-state index in [9.17, 15) is 0 Å². The third kappa shape index (κ3) is 4.17. The van der Waals surface area contributed by atoms with Crippen LogP contribution in [0, 0.1) is 6.92 Å². The molecule has 3 rings (SSSR count). The normalized spacial score (nSPS) is 14.4. The monoisotopic (exact) mass is 337 g/mol. The molecule has 110 valence electrons. The van der Waals surface area contributed by atoms with Crippen LogP contribution in [0.5, 0.6) is 0 Å². The number of hydrogen-bond acceptors (Lipinski definition) is 2. The Hall–Kier alpha value is -0.670. The molecule has 21 heavy (non-hydrogen) atoms. The lowest BCUT2D eigenvalue weighted by Gasteiger charge is -2.09. The summed E-state index contributed by atoms with van der Waals surface area (Å²) in [4.78, 5) is 2.36. The first kappa shape index (κ1) is 15.2. The number of rotatable bonds is 5. The highest BCUT2D eigenvalue weighted by molar-refractivity contribution is 7.99. The molecule has 1 nitrogen and oxygen atoms in total. The molecule has 0 saturated heterocycles. The standard InChI is InChI=1S/C17H17Cl2NS/c1-11-8-12(10-20-13-3-4-13)2-7-17(11)21-14-5-6-15(18)16(19)9-14/h2,5-9,13,20H,3-4,10H2,1H3. The summed E-state index contributed by atoms with van der Waals surface area (Å²) in [5.74, 6) is 0. The molecular weight excluding hydrogens is 321 g/mol. The van der Waals surface area contributed by atoms with Crippen LogP contribution in [-0.2, 0) is 6.54 Å². The molecule has 0 atom stereocenters. The first-order valence-electron chi connectivity index (χ1n) is 7.07. The highest BCUT2D eigenvalue weighted by Crippen LogP contribution is 2.34. The highest BCUT2D eigenvalue weighted by Gasteiger charge is 2.19. The van der Waals surface area contributed by atoms with Crippen molar-refractivity contribution in [1.29, 1.82) is 0 Å². The predicted molar refractivity (Wildman–Crippen MR) is 91.6 cm³/mol. The van der Waals surface area contributed by atoms with E-state index in [1.165, 1.54) is 28.9 Å². The Balaban J connectivity index is 1.70. The minimum atomic E-state index is 0.597. The van der Waals surface area contributed by atoms with Crippen molar-refractivity contribution in [2.75, 3.05) is 0 Å². The number of nitrogens with one attached hydrogen (secondary N) is 1. The maximum atomic E-state index is 6.07. The Morgan fingerprint density at radius 2 is 1.90 bits per heavy atom. The van der Waals surface area contributed by atoms with Gasteiger partial charge in [-0.3, -0.25) is 0 Å². The minimum Gasteiger partial charge on any atom is -0.310 e. The van der Waals surface area contributed by atoms with E-state index in [4.69, 9.17) is 23.2 Å². The summed E-state index contributed by atoms with van der Waals surface area (Å²) < 4.78 is 0. The molecule has 1 aliphatic carbocycles. The molecule has 0 spiro atoms. The largest absolute Gasteiger partial charge is 0.310 e. The Morgan fingerprint density at radius 1 is 1.10 bits per heavy atom. The zero-order valence-electron chi connectivity index (χ0n) is 11.8. The molecular formula is C17H17Cl2NS. The van der Waals surface area contributed by atoms with Crippen LogP contribution in [0.3, 0.4) is 0 Å². The summed E-state index contributed by atoms with van der Waals surface area (Å²) >= 11 is 13.7. The fourth-order valence-corrected chi connectivity index (χ4v) is 3.44. The van der Waals surface area contributed by atoms with E-state index in [0.717, 1.165) is 17.5 Å². The van der Waals surface area contributed by atoms with Crippen molar-refractivity contribution < 1.29 is 0 Å². The van der Waals surface area contributed by atoms with E-state index >= 15 is 0 Å². The molecule has 0 aromatic heterocycles. The van der Waals surface area contributed by atoms with Gasteiger partial charge in [0, 0.05) is 22.4 Å². The summed E-state index contributed by atoms with van der Waals surface area (Å²) in [6.07, 6.45) is 2.65. The Morgan fingerprint density at radius 3 is 2.57 bits per heavy atom. The van der Waals surface area contributed by atoms with Crippen LogP contribution in [0.1, 0.15) is 24.0 Å². The zero-order chi connectivity index (χ0) is 14.8. The molecule has 4 heteroatoms. The summed E-state index contributed by atoms with van der Waals surface area (Å²) in [5, 5.41) is 4.74. The fourth-order valence-electron chi connectivity index (χ4n) is 2.15. The zero-order valence-corrected chi connectivity index (χ0v) is 14.2. The molecule has 0 amide bonds. The van der Waals surface area contributed by atoms with Gasteiger partial charge in [0.05, 0.1) is 10.0 Å². The number of hydrogen-bond donors (Lipinski definition) is 1. The van der Waals surface area contributed by atoms with Crippen molar-refractivity contribution in [3.63, 3.8) is 0 Å². The lowest BCUT2D eigenvalue weighted by molar-refractivity contribution is 0.687. The van der Waals surface area contributed by atoms with Crippen molar-refractivity contribution in [2.45, 2.75) is 42.1 Å². The first-order chi connectivity index (χ1) is 10.1. The van der Waals surface area contributed by atoms with E-state index in [0.29, 0.717) is 10.0 Å². The summed E-state index contributed by atoms with van der Waals surface area (Å²) in [6, 6.07) is 13.1. The van der Waals surface area contributed by atoms with Crippen LogP contribution in [0.2, 0.25) is 10.0 Å². The van der Waals surface area contributed by atoms with Crippen LogP contribution in [-0.4, -0.2) is 6.04 Å². The molecule has 0 unspecified atom stereocenters. The van der Waals surface area contributed by atoms with Crippen LogP contribution < -0.4 is 5.32 Å². The van der Waals surface area contributed by atoms with Crippen molar-refractivity contribution in [3.8, 4) is 0 Å². The van der Waals surface area contributed by atoms with Gasteiger partial charge in [-0.05, 0) is 55.2 Å². The molecule has 0 radical (unpaired) electrons. The second kappa shape index (κ2) is 6.62. The quantitative estimate of drug-likeness (QED) is 0.750. The average molecular weight is 338 g/mol. The molecule has 1 aliphatic rings. The Labute approximate surface area is 140 Å². The Bertz CT molecular complexity index is 653. The maximum Gasteiger partial charge on any atom is 0.0603 e. The van der Waals surface area contributed by atoms with E-state index in [1.807, 2.05) is 18.2 Å². The lowest BCUT2D eigenvalue weighted by Crippen LogP contribution is -2.15. The minimum absolute atomic E-state index is 0.597. The van der Waals surface area contributed by atoms with Crippen LogP contribution in [0.4, 0.5) is 0 Å². The molecule has 1 N–H and O–H groups in total. The fraction of sp³-hybridized carbons (Fsp3) is 0.294. The van der Waals surface area contributed by atoms with Gasteiger partial charge in [-0.2, -0.15) is 0 Å². The summed E-state index contributed by atoms with van der Waals surface area (Å²) in [5.41, 5.74) is 2.64. The van der Waals surface area contributed by atoms with Gasteiger partial charge in [0.15, 0.2) is 0 Å². The van der Waals surface area contributed by atoms with Gasteiger partial charge >= 0.3 is 0 Å². The van der Waals surface area contributed by atoms with Gasteiger partial charge in [0.2, 0.25) is 0 Å². The highest BCUT2D eigenvalue weighted by atomic mass is 35.5. The number of aryl methyl sites for hydroxylation is 1. The van der Waals surface area contributed by atoms with Crippen molar-refractivity contribution in [1.82, 2.24) is 5.32 Å². The molecule has 2 aromatic carbocycles. The van der Waals surface area contributed by atoms with Gasteiger partial charge in [-0.25, -0.2) is 0 Å². The SMILES string of the molecule is Cc1cc(CNC2CC2)ccc1Sc1ccc(Cl)c(Cl)c1. The van der Waals surface area contributed by atoms with Crippen molar-refractivity contribution in [2.24, 2.45) is 0 Å². The predicted octanol–water partition coefficient (Wildman–Crippen LogP) is 5.71. The Kier molecular flexibility index (Phi) is 4.80. The van der Waals surface area contributed by atoms with E-state index in [1.54, 1.807) is 11.8 Å². The third-order valence-electron chi connectivity index (χ3n) is 3.53. The van der Waals surface area contributed by atoms with E-state index in [-0.39, 0.29) is 0 Å². The topological polar surface area (TPSA) is 12.0 Å². The van der Waals surface area contributed by atoms with Gasteiger partial charge in [-0.15, -0.1) is 0 Å². The molecule has 0 bridgehead atoms. The lowest BCUT2D eigenvalue weighted by atomic mass is 10.1. The average Bonchev–Trinajstić information content (AvgIpc) is 3.27. The smallest absolute Gasteiger partial charge is 0.0603 e. The van der Waals surface area contributed by atoms with E-state index < -0.39 is 0 Å². The van der Waals surface area contributed by atoms with Crippen LogP contribution >= 0.6 is 35.0 Å². The second-order valence-corrected chi connectivity index (χ2v) is 7.36. The van der Waals surface area contributed by atoms with Gasteiger partial charge in [0.1, 0.15) is 0 Å². The first-order valence-corrected chi connectivity index (χ1v) is 8.65. The van der Waals surface area contributed by atoms with Crippen LogP contribution in [0.15, 0.2) is 46.2 Å². The second-order valence-electron chi connectivity index (χ2n) is 5.43. The number of halogens is 2. The molecule has 1 fully saturated rings. The molecule has 1 saturated carbocycles. The summed E-state index contributed by atoms with van der Waals surface area (Å²) in [6.45, 7) is 3.11. The van der Waals surface area contributed by atoms with Crippen LogP contribution in [0.25, 0.3) is 0 Å². The molecule has 0 heterocycles. The third-order valence-corrected chi connectivity index (χ3v) is 5.44. The van der Waals surface area contributed by atoms with Crippen molar-refractivity contribution in [3.05, 3.63) is 57.6 Å². The van der Waals surface area contributed by atoms with Gasteiger partial charge in [0.25, 0.3) is 0 Å². The number of benzene rings is 2. The van der Waals surface area contributed by atoms with Gasteiger partial charge < -0.3 is 5.32 Å². The molecule has 2 aromatic rings. The van der Waals surface area contributed by atoms with Gasteiger partial charge in [-0.1, -0.05) is 47.1 Å². The van der Waals surface area contributed by atoms with E-state index in [2.05, 4.69) is 30.4 Å². The molecule has 0 aliphatic heterocycles. The maximum absolute atomic E-state index is 6.07. The summed E-state index contributed by atoms with van der Waals surface area (Å²) in [7, 11) is 0.